The summed E-state index contributed by atoms with van der Waals surface area (Å²) in [6.45, 7) is 2.80. The van der Waals surface area contributed by atoms with Gasteiger partial charge in [-0.25, -0.2) is 0 Å². The Morgan fingerprint density at radius 1 is 0.839 bits per heavy atom. The van der Waals surface area contributed by atoms with Crippen LogP contribution in [0.1, 0.15) is 35.1 Å². The molecule has 1 aliphatic heterocycles. The van der Waals surface area contributed by atoms with Gasteiger partial charge in [-0.2, -0.15) is 0 Å². The van der Waals surface area contributed by atoms with E-state index in [4.69, 9.17) is 0 Å². The first-order valence-electron chi connectivity index (χ1n) is 11.0. The fourth-order valence-corrected chi connectivity index (χ4v) is 4.44. The van der Waals surface area contributed by atoms with Gasteiger partial charge in [0.05, 0.1) is 13.2 Å². The van der Waals surface area contributed by atoms with Crippen molar-refractivity contribution >= 4 is 0 Å². The number of aliphatic hydroxyl groups is 1. The zero-order valence-corrected chi connectivity index (χ0v) is 17.8. The standard InChI is InChI=1S/C26H30N2O3/c29-19-24-9-5-4-8-22(24)18-28-15-12-23(25(30)26(28)31)17-27-13-10-21(11-14-27)16-20-6-2-1-3-7-20/h1-9,12,15,21,29-30H,10-11,13-14,16-19H2. The predicted molar refractivity (Wildman–Crippen MR) is 122 cm³/mol. The lowest BCUT2D eigenvalue weighted by Crippen LogP contribution is -2.34. The van der Waals surface area contributed by atoms with Crippen molar-refractivity contribution in [1.82, 2.24) is 9.47 Å². The summed E-state index contributed by atoms with van der Waals surface area (Å²) in [5.41, 5.74) is 3.35. The lowest BCUT2D eigenvalue weighted by atomic mass is 9.90. The minimum absolute atomic E-state index is 0.0742. The number of aromatic hydroxyl groups is 1. The highest BCUT2D eigenvalue weighted by molar-refractivity contribution is 5.31. The molecule has 1 aliphatic rings. The first kappa shape index (κ1) is 21.3. The normalized spacial score (nSPS) is 15.3. The highest BCUT2D eigenvalue weighted by Gasteiger charge is 2.21. The van der Waals surface area contributed by atoms with Gasteiger partial charge >= 0.3 is 0 Å². The van der Waals surface area contributed by atoms with Crippen LogP contribution < -0.4 is 5.56 Å². The highest BCUT2D eigenvalue weighted by Crippen LogP contribution is 2.24. The smallest absolute Gasteiger partial charge is 0.293 e. The van der Waals surface area contributed by atoms with E-state index < -0.39 is 0 Å². The van der Waals surface area contributed by atoms with Gasteiger partial charge in [-0.15, -0.1) is 0 Å². The molecule has 2 aromatic carbocycles. The van der Waals surface area contributed by atoms with Gasteiger partial charge in [0.2, 0.25) is 0 Å². The maximum atomic E-state index is 12.7. The second kappa shape index (κ2) is 9.94. The van der Waals surface area contributed by atoms with Gasteiger partial charge in [-0.05, 0) is 61.0 Å². The van der Waals surface area contributed by atoms with Crippen LogP contribution in [0, 0.1) is 5.92 Å². The predicted octanol–water partition coefficient (Wildman–Crippen LogP) is 3.55. The third kappa shape index (κ3) is 5.24. The van der Waals surface area contributed by atoms with Crippen molar-refractivity contribution in [2.75, 3.05) is 13.1 Å². The quantitative estimate of drug-likeness (QED) is 0.616. The first-order chi connectivity index (χ1) is 15.1. The minimum Gasteiger partial charge on any atom is -0.503 e. The molecule has 4 rings (SSSR count). The Labute approximate surface area is 183 Å². The van der Waals surface area contributed by atoms with Crippen molar-refractivity contribution in [2.45, 2.75) is 39.0 Å². The van der Waals surface area contributed by atoms with Gasteiger partial charge in [0.25, 0.3) is 5.56 Å². The number of aliphatic hydroxyl groups excluding tert-OH is 1. The van der Waals surface area contributed by atoms with Gasteiger partial charge in [-0.3, -0.25) is 9.69 Å². The maximum absolute atomic E-state index is 12.7. The van der Waals surface area contributed by atoms with Crippen molar-refractivity contribution in [3.8, 4) is 5.75 Å². The zero-order valence-electron chi connectivity index (χ0n) is 17.8. The monoisotopic (exact) mass is 418 g/mol. The van der Waals surface area contributed by atoms with Gasteiger partial charge < -0.3 is 14.8 Å². The largest absolute Gasteiger partial charge is 0.503 e. The Kier molecular flexibility index (Phi) is 6.85. The summed E-state index contributed by atoms with van der Waals surface area (Å²) in [5, 5.41) is 20.1. The highest BCUT2D eigenvalue weighted by atomic mass is 16.3. The Morgan fingerprint density at radius 2 is 1.52 bits per heavy atom. The summed E-state index contributed by atoms with van der Waals surface area (Å²) in [6.07, 6.45) is 5.12. The van der Waals surface area contributed by atoms with Crippen LogP contribution in [0.3, 0.4) is 0 Å². The number of hydrogen-bond acceptors (Lipinski definition) is 4. The van der Waals surface area contributed by atoms with E-state index >= 15 is 0 Å². The number of piperidine rings is 1. The Morgan fingerprint density at radius 3 is 2.23 bits per heavy atom. The molecule has 0 radical (unpaired) electrons. The first-order valence-corrected chi connectivity index (χ1v) is 11.0. The molecule has 0 bridgehead atoms. The molecule has 0 atom stereocenters. The van der Waals surface area contributed by atoms with E-state index in [0.717, 1.165) is 43.5 Å². The number of pyridine rings is 1. The molecule has 0 amide bonds. The van der Waals surface area contributed by atoms with Crippen LogP contribution in [-0.2, 0) is 26.1 Å². The fraction of sp³-hybridized carbons (Fsp3) is 0.346. The van der Waals surface area contributed by atoms with Crippen LogP contribution >= 0.6 is 0 Å². The van der Waals surface area contributed by atoms with E-state index in [1.165, 1.54) is 10.1 Å². The molecule has 31 heavy (non-hydrogen) atoms. The van der Waals surface area contributed by atoms with Gasteiger partial charge in [0.15, 0.2) is 5.75 Å². The average Bonchev–Trinajstić information content (AvgIpc) is 2.81. The molecule has 5 heteroatoms. The summed E-state index contributed by atoms with van der Waals surface area (Å²) in [4.78, 5) is 15.0. The number of rotatable bonds is 7. The number of aromatic nitrogens is 1. The molecule has 0 unspecified atom stereocenters. The minimum atomic E-state index is -0.385. The molecular formula is C26H30N2O3. The lowest BCUT2D eigenvalue weighted by molar-refractivity contribution is 0.175. The van der Waals surface area contributed by atoms with Crippen molar-refractivity contribution < 1.29 is 10.2 Å². The van der Waals surface area contributed by atoms with Crippen LogP contribution in [0.25, 0.3) is 0 Å². The van der Waals surface area contributed by atoms with Crippen LogP contribution in [-0.4, -0.2) is 32.8 Å². The van der Waals surface area contributed by atoms with Gasteiger partial charge in [-0.1, -0.05) is 54.6 Å². The number of benzene rings is 2. The Hall–Kier alpha value is -2.89. The molecule has 0 aliphatic carbocycles. The van der Waals surface area contributed by atoms with Crippen molar-refractivity contribution in [3.63, 3.8) is 0 Å². The molecule has 3 aromatic rings. The van der Waals surface area contributed by atoms with Crippen LogP contribution in [0.5, 0.6) is 5.75 Å². The molecule has 0 spiro atoms. The molecular weight excluding hydrogens is 388 g/mol. The summed E-state index contributed by atoms with van der Waals surface area (Å²) < 4.78 is 1.50. The average molecular weight is 419 g/mol. The summed E-state index contributed by atoms with van der Waals surface area (Å²) in [6, 6.07) is 20.0. The molecule has 2 N–H and O–H groups in total. The zero-order chi connectivity index (χ0) is 21.6. The van der Waals surface area contributed by atoms with E-state index in [9.17, 15) is 15.0 Å². The SMILES string of the molecule is O=c1c(O)c(CN2CCC(Cc3ccccc3)CC2)ccn1Cc1ccccc1CO. The lowest BCUT2D eigenvalue weighted by Gasteiger charge is -2.32. The topological polar surface area (TPSA) is 65.7 Å². The number of hydrogen-bond donors (Lipinski definition) is 2. The second-order valence-electron chi connectivity index (χ2n) is 8.46. The fourth-order valence-electron chi connectivity index (χ4n) is 4.44. The Balaban J connectivity index is 1.37. The molecule has 5 nitrogen and oxygen atoms in total. The van der Waals surface area contributed by atoms with Crippen molar-refractivity contribution in [3.05, 3.63) is 99.5 Å². The van der Waals surface area contributed by atoms with E-state index in [-0.39, 0.29) is 17.9 Å². The summed E-state index contributed by atoms with van der Waals surface area (Å²) in [7, 11) is 0. The molecule has 1 aromatic heterocycles. The molecule has 1 fully saturated rings. The van der Waals surface area contributed by atoms with Crippen molar-refractivity contribution in [2.24, 2.45) is 5.92 Å². The Bertz CT molecular complexity index is 1050. The van der Waals surface area contributed by atoms with Crippen LogP contribution in [0.2, 0.25) is 0 Å². The van der Waals surface area contributed by atoms with E-state index in [2.05, 4.69) is 35.2 Å². The molecule has 2 heterocycles. The van der Waals surface area contributed by atoms with Crippen LogP contribution in [0.4, 0.5) is 0 Å². The summed E-state index contributed by atoms with van der Waals surface area (Å²) >= 11 is 0. The maximum Gasteiger partial charge on any atom is 0.293 e. The number of likely N-dealkylation sites (tertiary alicyclic amines) is 1. The third-order valence-electron chi connectivity index (χ3n) is 6.32. The van der Waals surface area contributed by atoms with Crippen LogP contribution in [0.15, 0.2) is 71.7 Å². The van der Waals surface area contributed by atoms with E-state index in [1.807, 2.05) is 30.3 Å². The second-order valence-corrected chi connectivity index (χ2v) is 8.46. The van der Waals surface area contributed by atoms with E-state index in [0.29, 0.717) is 24.6 Å². The molecule has 1 saturated heterocycles. The summed E-state index contributed by atoms with van der Waals surface area (Å²) in [5.74, 6) is 0.516. The van der Waals surface area contributed by atoms with Gasteiger partial charge in [0.1, 0.15) is 0 Å². The molecule has 0 saturated carbocycles. The third-order valence-corrected chi connectivity index (χ3v) is 6.32. The molecule has 162 valence electrons. The van der Waals surface area contributed by atoms with E-state index in [1.54, 1.807) is 6.20 Å². The van der Waals surface area contributed by atoms with Gasteiger partial charge in [0, 0.05) is 18.3 Å². The van der Waals surface area contributed by atoms with Crippen molar-refractivity contribution in [1.29, 1.82) is 0 Å². The number of nitrogens with zero attached hydrogens (tertiary/aromatic N) is 2.